The summed E-state index contributed by atoms with van der Waals surface area (Å²) < 4.78 is 32.5. The van der Waals surface area contributed by atoms with Gasteiger partial charge in [-0.15, -0.1) is 11.3 Å². The second kappa shape index (κ2) is 10.5. The van der Waals surface area contributed by atoms with E-state index < -0.39 is 10.0 Å². The third-order valence-electron chi connectivity index (χ3n) is 5.25. The van der Waals surface area contributed by atoms with Crippen molar-refractivity contribution in [1.82, 2.24) is 5.32 Å². The Balaban J connectivity index is 1.40. The van der Waals surface area contributed by atoms with Crippen molar-refractivity contribution in [3.05, 3.63) is 114 Å². The second-order valence-electron chi connectivity index (χ2n) is 7.51. The number of amides is 1. The van der Waals surface area contributed by atoms with Crippen LogP contribution >= 0.6 is 11.3 Å². The fraction of sp³-hybridized carbons (Fsp3) is 0.115. The SMILES string of the molecule is CN(c1ccc(OCC(=O)NC(c2ccccc2)c2ccccc2)cc1)S(=O)(=O)c1cccs1. The highest BCUT2D eigenvalue weighted by Gasteiger charge is 2.22. The van der Waals surface area contributed by atoms with E-state index in [1.807, 2.05) is 60.7 Å². The lowest BCUT2D eigenvalue weighted by Crippen LogP contribution is -2.33. The van der Waals surface area contributed by atoms with E-state index in [2.05, 4.69) is 5.32 Å². The van der Waals surface area contributed by atoms with E-state index in [4.69, 9.17) is 4.74 Å². The van der Waals surface area contributed by atoms with Gasteiger partial charge in [-0.1, -0.05) is 66.7 Å². The van der Waals surface area contributed by atoms with E-state index in [9.17, 15) is 13.2 Å². The zero-order valence-electron chi connectivity index (χ0n) is 18.5. The summed E-state index contributed by atoms with van der Waals surface area (Å²) in [5, 5.41) is 4.76. The van der Waals surface area contributed by atoms with Gasteiger partial charge in [0, 0.05) is 7.05 Å². The minimum Gasteiger partial charge on any atom is -0.484 e. The number of sulfonamides is 1. The van der Waals surface area contributed by atoms with Gasteiger partial charge in [0.15, 0.2) is 6.61 Å². The monoisotopic (exact) mass is 492 g/mol. The normalized spacial score (nSPS) is 11.2. The number of carbonyl (C=O) groups excluding carboxylic acids is 1. The van der Waals surface area contributed by atoms with Crippen molar-refractivity contribution < 1.29 is 17.9 Å². The molecule has 0 spiro atoms. The highest BCUT2D eigenvalue weighted by atomic mass is 32.2. The Bertz CT molecular complexity index is 1270. The number of hydrogen-bond donors (Lipinski definition) is 1. The molecular weight excluding hydrogens is 468 g/mol. The predicted octanol–water partition coefficient (Wildman–Crippen LogP) is 4.86. The number of benzene rings is 3. The van der Waals surface area contributed by atoms with Crippen molar-refractivity contribution in [2.75, 3.05) is 18.0 Å². The number of nitrogens with one attached hydrogen (secondary N) is 1. The van der Waals surface area contributed by atoms with Crippen LogP contribution in [0.4, 0.5) is 5.69 Å². The van der Waals surface area contributed by atoms with E-state index in [1.54, 1.807) is 41.8 Å². The lowest BCUT2D eigenvalue weighted by molar-refractivity contribution is -0.123. The average Bonchev–Trinajstić information content (AvgIpc) is 3.43. The molecule has 6 nitrogen and oxygen atoms in total. The van der Waals surface area contributed by atoms with Crippen LogP contribution in [0.15, 0.2) is 107 Å². The first-order chi connectivity index (χ1) is 16.4. The molecule has 0 fully saturated rings. The number of ether oxygens (including phenoxy) is 1. The summed E-state index contributed by atoms with van der Waals surface area (Å²) in [7, 11) is -2.10. The standard InChI is InChI=1S/C26H24N2O4S2/c1-28(34(30,31)25-13-8-18-33-25)22-14-16-23(17-15-22)32-19-24(29)27-26(20-9-4-2-5-10-20)21-11-6-3-7-12-21/h2-18,26H,19H2,1H3,(H,27,29). The molecule has 0 atom stereocenters. The number of anilines is 1. The van der Waals surface area contributed by atoms with Gasteiger partial charge in [0.25, 0.3) is 15.9 Å². The van der Waals surface area contributed by atoms with Gasteiger partial charge in [0.2, 0.25) is 0 Å². The topological polar surface area (TPSA) is 75.7 Å². The Morgan fingerprint density at radius 3 is 2.00 bits per heavy atom. The zero-order valence-corrected chi connectivity index (χ0v) is 20.1. The van der Waals surface area contributed by atoms with Crippen LogP contribution in [-0.2, 0) is 14.8 Å². The van der Waals surface area contributed by atoms with Gasteiger partial charge < -0.3 is 10.1 Å². The highest BCUT2D eigenvalue weighted by Crippen LogP contribution is 2.27. The fourth-order valence-electron chi connectivity index (χ4n) is 3.44. The minimum absolute atomic E-state index is 0.168. The molecule has 8 heteroatoms. The predicted molar refractivity (Wildman–Crippen MR) is 135 cm³/mol. The molecule has 1 N–H and O–H groups in total. The number of thiophene rings is 1. The summed E-state index contributed by atoms with van der Waals surface area (Å²) in [5.74, 6) is 0.205. The van der Waals surface area contributed by atoms with Crippen LogP contribution in [0, 0.1) is 0 Å². The van der Waals surface area contributed by atoms with Crippen molar-refractivity contribution in [2.24, 2.45) is 0 Å². The summed E-state index contributed by atoms with van der Waals surface area (Å²) >= 11 is 1.17. The molecule has 1 aromatic heterocycles. The van der Waals surface area contributed by atoms with Crippen LogP contribution in [0.5, 0.6) is 5.75 Å². The molecule has 0 bridgehead atoms. The fourth-order valence-corrected chi connectivity index (χ4v) is 5.79. The molecular formula is C26H24N2O4S2. The molecule has 34 heavy (non-hydrogen) atoms. The van der Waals surface area contributed by atoms with Crippen molar-refractivity contribution >= 4 is 33.0 Å². The molecule has 1 amide bonds. The van der Waals surface area contributed by atoms with E-state index in [1.165, 1.54) is 22.7 Å². The van der Waals surface area contributed by atoms with Gasteiger partial charge >= 0.3 is 0 Å². The Morgan fingerprint density at radius 1 is 0.882 bits per heavy atom. The first kappa shape index (κ1) is 23.5. The van der Waals surface area contributed by atoms with Gasteiger partial charge in [0.1, 0.15) is 9.96 Å². The maximum absolute atomic E-state index is 12.7. The van der Waals surface area contributed by atoms with Crippen LogP contribution in [-0.4, -0.2) is 28.0 Å². The van der Waals surface area contributed by atoms with Crippen molar-refractivity contribution in [3.8, 4) is 5.75 Å². The molecule has 0 saturated heterocycles. The Hall–Kier alpha value is -3.62. The number of rotatable bonds is 9. The third kappa shape index (κ3) is 5.47. The maximum atomic E-state index is 12.7. The van der Waals surface area contributed by atoms with Gasteiger partial charge in [-0.3, -0.25) is 9.10 Å². The zero-order chi connectivity index (χ0) is 24.0. The molecule has 0 unspecified atom stereocenters. The third-order valence-corrected chi connectivity index (χ3v) is 8.41. The Labute approximate surface area is 203 Å². The van der Waals surface area contributed by atoms with Crippen LogP contribution in [0.1, 0.15) is 17.2 Å². The minimum atomic E-state index is -3.61. The van der Waals surface area contributed by atoms with E-state index >= 15 is 0 Å². The van der Waals surface area contributed by atoms with E-state index in [0.717, 1.165) is 11.1 Å². The summed E-state index contributed by atoms with van der Waals surface area (Å²) in [6, 6.07) is 29.1. The first-order valence-corrected chi connectivity index (χ1v) is 12.9. The summed E-state index contributed by atoms with van der Waals surface area (Å²) in [6.07, 6.45) is 0. The lowest BCUT2D eigenvalue weighted by atomic mass is 9.99. The van der Waals surface area contributed by atoms with E-state index in [-0.39, 0.29) is 22.8 Å². The maximum Gasteiger partial charge on any atom is 0.273 e. The number of hydrogen-bond acceptors (Lipinski definition) is 5. The average molecular weight is 493 g/mol. The molecule has 3 aromatic carbocycles. The van der Waals surface area contributed by atoms with E-state index in [0.29, 0.717) is 11.4 Å². The number of nitrogens with zero attached hydrogens (tertiary/aromatic N) is 1. The van der Waals surface area contributed by atoms with Crippen molar-refractivity contribution in [2.45, 2.75) is 10.3 Å². The van der Waals surface area contributed by atoms with Crippen LogP contribution in [0.2, 0.25) is 0 Å². The van der Waals surface area contributed by atoms with Crippen LogP contribution in [0.25, 0.3) is 0 Å². The van der Waals surface area contributed by atoms with Gasteiger partial charge in [-0.05, 0) is 46.8 Å². The largest absolute Gasteiger partial charge is 0.484 e. The molecule has 0 aliphatic heterocycles. The van der Waals surface area contributed by atoms with Gasteiger partial charge in [-0.2, -0.15) is 0 Å². The second-order valence-corrected chi connectivity index (χ2v) is 10.7. The molecule has 0 aliphatic carbocycles. The summed E-state index contributed by atoms with van der Waals surface area (Å²) in [5.41, 5.74) is 2.45. The van der Waals surface area contributed by atoms with Gasteiger partial charge in [0.05, 0.1) is 11.7 Å². The summed E-state index contributed by atoms with van der Waals surface area (Å²) in [6.45, 7) is -0.168. The molecule has 0 saturated carbocycles. The summed E-state index contributed by atoms with van der Waals surface area (Å²) in [4.78, 5) is 12.7. The molecule has 0 radical (unpaired) electrons. The molecule has 4 rings (SSSR count). The highest BCUT2D eigenvalue weighted by molar-refractivity contribution is 7.94. The van der Waals surface area contributed by atoms with Gasteiger partial charge in [-0.25, -0.2) is 8.42 Å². The van der Waals surface area contributed by atoms with Crippen molar-refractivity contribution in [3.63, 3.8) is 0 Å². The molecule has 1 heterocycles. The number of carbonyl (C=O) groups is 1. The lowest BCUT2D eigenvalue weighted by Gasteiger charge is -2.20. The quantitative estimate of drug-likeness (QED) is 0.362. The molecule has 174 valence electrons. The van der Waals surface area contributed by atoms with Crippen LogP contribution in [0.3, 0.4) is 0 Å². The smallest absolute Gasteiger partial charge is 0.273 e. The van der Waals surface area contributed by atoms with Crippen molar-refractivity contribution in [1.29, 1.82) is 0 Å². The van der Waals surface area contributed by atoms with Crippen LogP contribution < -0.4 is 14.4 Å². The Morgan fingerprint density at radius 2 is 1.47 bits per heavy atom. The molecule has 4 aromatic rings. The molecule has 0 aliphatic rings. The Kier molecular flexibility index (Phi) is 7.30. The first-order valence-electron chi connectivity index (χ1n) is 10.6.